The molecular weight excluding hydrogens is 300 g/mol. The quantitative estimate of drug-likeness (QED) is 0.284. The van der Waals surface area contributed by atoms with Gasteiger partial charge in [0.2, 0.25) is 0 Å². The molecule has 0 bridgehead atoms. The van der Waals surface area contributed by atoms with E-state index >= 15 is 0 Å². The van der Waals surface area contributed by atoms with E-state index in [2.05, 4.69) is 0 Å². The van der Waals surface area contributed by atoms with Crippen LogP contribution in [-0.4, -0.2) is 49.2 Å². The molecule has 128 valence electrons. The highest BCUT2D eigenvalue weighted by atomic mass is 16.6. The molecule has 0 amide bonds. The van der Waals surface area contributed by atoms with Gasteiger partial charge in [-0.1, -0.05) is 25.1 Å². The predicted molar refractivity (Wildman–Crippen MR) is 86.0 cm³/mol. The summed E-state index contributed by atoms with van der Waals surface area (Å²) in [6.07, 6.45) is 0. The van der Waals surface area contributed by atoms with Crippen molar-refractivity contribution in [3.63, 3.8) is 0 Å². The van der Waals surface area contributed by atoms with E-state index in [9.17, 15) is 14.9 Å². The number of rotatable bonds is 10. The molecule has 1 aromatic rings. The van der Waals surface area contributed by atoms with Crippen LogP contribution >= 0.6 is 0 Å². The van der Waals surface area contributed by atoms with Gasteiger partial charge < -0.3 is 9.47 Å². The second kappa shape index (κ2) is 9.91. The van der Waals surface area contributed by atoms with Crippen molar-refractivity contribution in [3.8, 4) is 0 Å². The number of hydrogen-bond acceptors (Lipinski definition) is 6. The molecule has 0 aliphatic heterocycles. The minimum atomic E-state index is -0.389. The molecule has 1 atom stereocenters. The standard InChI is InChI=1S/C16H24N2O5/c1-4-23-10-9-17(11-13(2)16(19)22-3)12-14-7-5-6-8-15(14)18(20)21/h5-8,13H,4,9-12H2,1-3H3/t13-/m0/s1. The van der Waals surface area contributed by atoms with Gasteiger partial charge in [-0.25, -0.2) is 0 Å². The highest BCUT2D eigenvalue weighted by molar-refractivity contribution is 5.72. The first-order valence-electron chi connectivity index (χ1n) is 7.59. The monoisotopic (exact) mass is 324 g/mol. The van der Waals surface area contributed by atoms with E-state index in [-0.39, 0.29) is 22.5 Å². The number of nitrogens with zero attached hydrogens (tertiary/aromatic N) is 2. The lowest BCUT2D eigenvalue weighted by Gasteiger charge is -2.24. The van der Waals surface area contributed by atoms with Crippen LogP contribution < -0.4 is 0 Å². The number of benzene rings is 1. The van der Waals surface area contributed by atoms with E-state index in [1.807, 2.05) is 11.8 Å². The maximum Gasteiger partial charge on any atom is 0.309 e. The number of esters is 1. The third kappa shape index (κ3) is 6.33. The molecule has 1 rings (SSSR count). The highest BCUT2D eigenvalue weighted by Gasteiger charge is 2.20. The molecule has 0 radical (unpaired) electrons. The summed E-state index contributed by atoms with van der Waals surface area (Å²) in [5.74, 6) is -0.613. The molecule has 7 heteroatoms. The Bertz CT molecular complexity index is 521. The van der Waals surface area contributed by atoms with Gasteiger partial charge in [-0.05, 0) is 6.92 Å². The number of ether oxygens (including phenoxy) is 2. The molecular formula is C16H24N2O5. The maximum atomic E-state index is 11.6. The minimum Gasteiger partial charge on any atom is -0.469 e. The zero-order valence-corrected chi connectivity index (χ0v) is 13.9. The van der Waals surface area contributed by atoms with Crippen LogP contribution in [0.25, 0.3) is 0 Å². The van der Waals surface area contributed by atoms with Crippen molar-refractivity contribution in [1.82, 2.24) is 4.90 Å². The van der Waals surface area contributed by atoms with Crippen molar-refractivity contribution in [3.05, 3.63) is 39.9 Å². The number of hydrogen-bond donors (Lipinski definition) is 0. The lowest BCUT2D eigenvalue weighted by atomic mass is 10.1. The molecule has 0 heterocycles. The Morgan fingerprint density at radius 1 is 1.39 bits per heavy atom. The predicted octanol–water partition coefficient (Wildman–Crippen LogP) is 2.24. The number of nitro groups is 1. The SMILES string of the molecule is CCOCCN(Cc1ccccc1[N+](=O)[O-])C[C@H](C)C(=O)OC. The molecule has 0 N–H and O–H groups in total. The number of carbonyl (C=O) groups excluding carboxylic acids is 1. The molecule has 1 aromatic carbocycles. The highest BCUT2D eigenvalue weighted by Crippen LogP contribution is 2.20. The first-order valence-corrected chi connectivity index (χ1v) is 7.59. The largest absolute Gasteiger partial charge is 0.469 e. The van der Waals surface area contributed by atoms with Crippen LogP contribution in [0.5, 0.6) is 0 Å². The second-order valence-electron chi connectivity index (χ2n) is 5.24. The zero-order chi connectivity index (χ0) is 17.2. The maximum absolute atomic E-state index is 11.6. The molecule has 0 aromatic heterocycles. The van der Waals surface area contributed by atoms with Gasteiger partial charge in [0.1, 0.15) is 0 Å². The van der Waals surface area contributed by atoms with Gasteiger partial charge in [0.15, 0.2) is 0 Å². The summed E-state index contributed by atoms with van der Waals surface area (Å²) in [6, 6.07) is 6.63. The third-order valence-electron chi connectivity index (χ3n) is 3.47. The Hall–Kier alpha value is -1.99. The van der Waals surface area contributed by atoms with Crippen LogP contribution in [0, 0.1) is 16.0 Å². The van der Waals surface area contributed by atoms with Crippen LogP contribution in [0.4, 0.5) is 5.69 Å². The molecule has 0 aliphatic carbocycles. The van der Waals surface area contributed by atoms with Gasteiger partial charge in [0.05, 0.1) is 24.6 Å². The minimum absolute atomic E-state index is 0.0830. The molecule has 0 saturated heterocycles. The Balaban J connectivity index is 2.83. The first kappa shape index (κ1) is 19.1. The summed E-state index contributed by atoms with van der Waals surface area (Å²) in [5, 5.41) is 11.1. The smallest absolute Gasteiger partial charge is 0.309 e. The van der Waals surface area contributed by atoms with Crippen molar-refractivity contribution in [2.24, 2.45) is 5.92 Å². The van der Waals surface area contributed by atoms with E-state index in [1.54, 1.807) is 25.1 Å². The average molecular weight is 324 g/mol. The third-order valence-corrected chi connectivity index (χ3v) is 3.47. The normalized spacial score (nSPS) is 12.2. The van der Waals surface area contributed by atoms with Gasteiger partial charge in [-0.15, -0.1) is 0 Å². The Labute approximate surface area is 136 Å². The number of carbonyl (C=O) groups is 1. The molecule has 0 fully saturated rings. The van der Waals surface area contributed by atoms with Gasteiger partial charge in [-0.2, -0.15) is 0 Å². The van der Waals surface area contributed by atoms with Crippen LogP contribution in [0.1, 0.15) is 19.4 Å². The lowest BCUT2D eigenvalue weighted by molar-refractivity contribution is -0.385. The summed E-state index contributed by atoms with van der Waals surface area (Å²) in [5.41, 5.74) is 0.700. The summed E-state index contributed by atoms with van der Waals surface area (Å²) in [7, 11) is 1.35. The summed E-state index contributed by atoms with van der Waals surface area (Å²) < 4.78 is 10.1. The van der Waals surface area contributed by atoms with E-state index in [0.29, 0.717) is 38.4 Å². The Kier molecular flexibility index (Phi) is 8.21. The van der Waals surface area contributed by atoms with Gasteiger partial charge >= 0.3 is 5.97 Å². The molecule has 0 unspecified atom stereocenters. The zero-order valence-electron chi connectivity index (χ0n) is 13.9. The van der Waals surface area contributed by atoms with Crippen LogP contribution in [-0.2, 0) is 20.8 Å². The summed E-state index contributed by atoms with van der Waals surface area (Å²) in [6.45, 7) is 6.21. The summed E-state index contributed by atoms with van der Waals surface area (Å²) >= 11 is 0. The number of para-hydroxylation sites is 1. The Morgan fingerprint density at radius 2 is 2.09 bits per heavy atom. The number of methoxy groups -OCH3 is 1. The van der Waals surface area contributed by atoms with Crippen molar-refractivity contribution >= 4 is 11.7 Å². The van der Waals surface area contributed by atoms with Crippen LogP contribution in [0.3, 0.4) is 0 Å². The summed E-state index contributed by atoms with van der Waals surface area (Å²) in [4.78, 5) is 24.3. The fourth-order valence-electron chi connectivity index (χ4n) is 2.30. The van der Waals surface area contributed by atoms with Crippen LogP contribution in [0.2, 0.25) is 0 Å². The van der Waals surface area contributed by atoms with E-state index < -0.39 is 0 Å². The average Bonchev–Trinajstić information content (AvgIpc) is 2.54. The molecule has 0 spiro atoms. The van der Waals surface area contributed by atoms with Crippen molar-refractivity contribution < 1.29 is 19.2 Å². The van der Waals surface area contributed by atoms with Crippen molar-refractivity contribution in [2.75, 3.05) is 33.4 Å². The van der Waals surface area contributed by atoms with E-state index in [4.69, 9.17) is 9.47 Å². The molecule has 0 saturated carbocycles. The number of nitro benzene ring substituents is 1. The molecule has 7 nitrogen and oxygen atoms in total. The van der Waals surface area contributed by atoms with Crippen molar-refractivity contribution in [1.29, 1.82) is 0 Å². The van der Waals surface area contributed by atoms with Gasteiger partial charge in [0, 0.05) is 37.9 Å². The molecule has 23 heavy (non-hydrogen) atoms. The van der Waals surface area contributed by atoms with Gasteiger partial charge in [0.25, 0.3) is 5.69 Å². The fraction of sp³-hybridized carbons (Fsp3) is 0.562. The van der Waals surface area contributed by atoms with E-state index in [1.165, 1.54) is 13.2 Å². The Morgan fingerprint density at radius 3 is 2.70 bits per heavy atom. The van der Waals surface area contributed by atoms with Crippen LogP contribution in [0.15, 0.2) is 24.3 Å². The van der Waals surface area contributed by atoms with Gasteiger partial charge in [-0.3, -0.25) is 19.8 Å². The lowest BCUT2D eigenvalue weighted by Crippen LogP contribution is -2.34. The fourth-order valence-corrected chi connectivity index (χ4v) is 2.30. The first-order chi connectivity index (χ1) is 11.0. The van der Waals surface area contributed by atoms with Crippen molar-refractivity contribution in [2.45, 2.75) is 20.4 Å². The van der Waals surface area contributed by atoms with E-state index in [0.717, 1.165) is 0 Å². The second-order valence-corrected chi connectivity index (χ2v) is 5.24. The topological polar surface area (TPSA) is 81.9 Å². The molecule has 0 aliphatic rings.